The van der Waals surface area contributed by atoms with Crippen molar-refractivity contribution in [3.8, 4) is 11.6 Å². The van der Waals surface area contributed by atoms with Crippen molar-refractivity contribution in [2.45, 2.75) is 16.6 Å². The van der Waals surface area contributed by atoms with E-state index in [2.05, 4.69) is 4.99 Å². The number of fused-ring (bicyclic) bond motifs is 1. The van der Waals surface area contributed by atoms with Crippen LogP contribution in [0.1, 0.15) is 22.8 Å². The van der Waals surface area contributed by atoms with Crippen molar-refractivity contribution < 1.29 is 10.2 Å². The number of para-hydroxylation sites is 1. The number of thioether (sulfide) groups is 1. The number of nitrogens with zero attached hydrogens (tertiary/aromatic N) is 3. The fraction of sp³-hybridized carbons (Fsp3) is 0.190. The summed E-state index contributed by atoms with van der Waals surface area (Å²) in [5.74, 6) is -0.254. The van der Waals surface area contributed by atoms with Crippen LogP contribution in [0.5, 0.6) is 11.6 Å². The molecule has 0 spiro atoms. The molecule has 3 aromatic rings. The number of aromatic nitrogens is 2. The molecule has 0 amide bonds. The fourth-order valence-electron chi connectivity index (χ4n) is 3.37. The Morgan fingerprint density at radius 2 is 1.79 bits per heavy atom. The summed E-state index contributed by atoms with van der Waals surface area (Å²) in [5.41, 5.74) is 0.765. The third kappa shape index (κ3) is 3.36. The second kappa shape index (κ2) is 7.29. The largest absolute Gasteiger partial charge is 0.508 e. The molecule has 1 atom stereocenters. The van der Waals surface area contributed by atoms with Crippen molar-refractivity contribution >= 4 is 23.2 Å². The number of hydrogen-bond donors (Lipinski definition) is 2. The second-order valence-electron chi connectivity index (χ2n) is 6.84. The third-order valence-electron chi connectivity index (χ3n) is 4.93. The predicted molar refractivity (Wildman–Crippen MR) is 113 cm³/mol. The van der Waals surface area contributed by atoms with E-state index in [-0.39, 0.29) is 16.6 Å². The van der Waals surface area contributed by atoms with Crippen molar-refractivity contribution in [2.24, 2.45) is 19.1 Å². The van der Waals surface area contributed by atoms with Gasteiger partial charge in [-0.1, -0.05) is 24.3 Å². The molecule has 7 nitrogen and oxygen atoms in total. The molecule has 2 heterocycles. The van der Waals surface area contributed by atoms with Gasteiger partial charge < -0.3 is 10.2 Å². The lowest BCUT2D eigenvalue weighted by Gasteiger charge is -2.17. The summed E-state index contributed by atoms with van der Waals surface area (Å²) in [6, 6.07) is 14.5. The highest BCUT2D eigenvalue weighted by Crippen LogP contribution is 2.46. The molecule has 0 saturated carbocycles. The van der Waals surface area contributed by atoms with Crippen LogP contribution in [0.2, 0.25) is 0 Å². The van der Waals surface area contributed by atoms with Crippen LogP contribution in [-0.2, 0) is 14.1 Å². The molecule has 2 aromatic carbocycles. The minimum atomic E-state index is -0.607. The van der Waals surface area contributed by atoms with Crippen molar-refractivity contribution in [3.05, 3.63) is 80.5 Å². The van der Waals surface area contributed by atoms with E-state index in [4.69, 9.17) is 0 Å². The first kappa shape index (κ1) is 19.1. The van der Waals surface area contributed by atoms with E-state index in [1.807, 2.05) is 30.3 Å². The lowest BCUT2D eigenvalue weighted by molar-refractivity contribution is 0.410. The highest BCUT2D eigenvalue weighted by molar-refractivity contribution is 7.99. The Morgan fingerprint density at radius 3 is 2.55 bits per heavy atom. The molecule has 1 aliphatic heterocycles. The van der Waals surface area contributed by atoms with Gasteiger partial charge in [0.15, 0.2) is 0 Å². The predicted octanol–water partition coefficient (Wildman–Crippen LogP) is 2.85. The number of benzene rings is 2. The molecule has 8 heteroatoms. The van der Waals surface area contributed by atoms with Crippen LogP contribution in [0.4, 0.5) is 5.69 Å². The maximum atomic E-state index is 12.8. The molecule has 0 unspecified atom stereocenters. The Balaban J connectivity index is 1.95. The van der Waals surface area contributed by atoms with Crippen LogP contribution < -0.4 is 11.2 Å². The summed E-state index contributed by atoms with van der Waals surface area (Å²) >= 11 is 1.58. The Labute approximate surface area is 170 Å². The molecular formula is C21H19N3O4S. The number of aromatic hydroxyl groups is 2. The molecule has 148 valence electrons. The van der Waals surface area contributed by atoms with Gasteiger partial charge in [0.05, 0.1) is 11.4 Å². The van der Waals surface area contributed by atoms with Crippen molar-refractivity contribution in [1.82, 2.24) is 9.13 Å². The quantitative estimate of drug-likeness (QED) is 0.678. The van der Waals surface area contributed by atoms with Gasteiger partial charge in [0.2, 0.25) is 5.88 Å². The molecular weight excluding hydrogens is 390 g/mol. The summed E-state index contributed by atoms with van der Waals surface area (Å²) in [4.78, 5) is 30.6. The normalized spacial score (nSPS) is 16.1. The number of aliphatic imine (C=N–C) groups is 1. The molecule has 1 aliphatic rings. The van der Waals surface area contributed by atoms with E-state index in [1.54, 1.807) is 30.0 Å². The SMILES string of the molecule is Cn1c(O)c(C2=Nc3ccccc3S[C@H](c3cccc(O)c3)C2)c(=O)n(C)c1=O. The van der Waals surface area contributed by atoms with Gasteiger partial charge >= 0.3 is 5.69 Å². The first-order valence-corrected chi connectivity index (χ1v) is 9.86. The van der Waals surface area contributed by atoms with Gasteiger partial charge in [-0.3, -0.25) is 18.9 Å². The van der Waals surface area contributed by atoms with Gasteiger partial charge in [0.25, 0.3) is 5.56 Å². The van der Waals surface area contributed by atoms with E-state index in [0.29, 0.717) is 17.8 Å². The van der Waals surface area contributed by atoms with Gasteiger partial charge in [0.1, 0.15) is 11.3 Å². The summed E-state index contributed by atoms with van der Waals surface area (Å²) in [6.07, 6.45) is 0.337. The van der Waals surface area contributed by atoms with E-state index < -0.39 is 17.1 Å². The van der Waals surface area contributed by atoms with Crippen LogP contribution in [0.15, 0.2) is 68.0 Å². The van der Waals surface area contributed by atoms with Crippen molar-refractivity contribution in [1.29, 1.82) is 0 Å². The highest BCUT2D eigenvalue weighted by atomic mass is 32.2. The van der Waals surface area contributed by atoms with Crippen LogP contribution in [0.3, 0.4) is 0 Å². The molecule has 0 bridgehead atoms. The molecule has 4 rings (SSSR count). The topological polar surface area (TPSA) is 96.8 Å². The smallest absolute Gasteiger partial charge is 0.333 e. The minimum Gasteiger partial charge on any atom is -0.508 e. The van der Waals surface area contributed by atoms with E-state index in [0.717, 1.165) is 19.6 Å². The average molecular weight is 409 g/mol. The third-order valence-corrected chi connectivity index (χ3v) is 6.26. The first-order chi connectivity index (χ1) is 13.9. The molecule has 2 N–H and O–H groups in total. The Kier molecular flexibility index (Phi) is 4.79. The van der Waals surface area contributed by atoms with Gasteiger partial charge in [-0.25, -0.2) is 4.79 Å². The van der Waals surface area contributed by atoms with Crippen LogP contribution in [0, 0.1) is 0 Å². The molecule has 0 saturated heterocycles. The van der Waals surface area contributed by atoms with Crippen LogP contribution >= 0.6 is 11.8 Å². The molecule has 0 radical (unpaired) electrons. The zero-order chi connectivity index (χ0) is 20.7. The Bertz CT molecular complexity index is 1260. The molecule has 1 aromatic heterocycles. The monoisotopic (exact) mass is 409 g/mol. The molecule has 0 fully saturated rings. The minimum absolute atomic E-state index is 0.0112. The van der Waals surface area contributed by atoms with Gasteiger partial charge in [-0.15, -0.1) is 11.8 Å². The van der Waals surface area contributed by atoms with E-state index >= 15 is 0 Å². The standard InChI is InChI=1S/C21H19N3O4S/c1-23-19(26)18(20(27)24(2)21(23)28)15-11-17(12-6-5-7-13(25)10-12)29-16-9-4-3-8-14(16)22-15/h3-10,17,25-26H,11H2,1-2H3/t17-/m0/s1. The second-order valence-corrected chi connectivity index (χ2v) is 8.08. The van der Waals surface area contributed by atoms with Crippen molar-refractivity contribution in [3.63, 3.8) is 0 Å². The van der Waals surface area contributed by atoms with Crippen molar-refractivity contribution in [2.75, 3.05) is 0 Å². The summed E-state index contributed by atoms with van der Waals surface area (Å²) in [6.45, 7) is 0. The first-order valence-electron chi connectivity index (χ1n) is 8.98. The number of phenols is 1. The lowest BCUT2D eigenvalue weighted by Crippen LogP contribution is -2.40. The zero-order valence-corrected chi connectivity index (χ0v) is 16.7. The van der Waals surface area contributed by atoms with Gasteiger partial charge in [0, 0.05) is 30.7 Å². The van der Waals surface area contributed by atoms with Crippen LogP contribution in [-0.4, -0.2) is 25.1 Å². The average Bonchev–Trinajstić information content (AvgIpc) is 2.90. The van der Waals surface area contributed by atoms with E-state index in [9.17, 15) is 19.8 Å². The lowest BCUT2D eigenvalue weighted by atomic mass is 10.0. The maximum absolute atomic E-state index is 12.8. The van der Waals surface area contributed by atoms with E-state index in [1.165, 1.54) is 14.1 Å². The summed E-state index contributed by atoms with van der Waals surface area (Å²) in [5, 5.41) is 20.4. The maximum Gasteiger partial charge on any atom is 0.333 e. The fourth-order valence-corrected chi connectivity index (χ4v) is 4.59. The van der Waals surface area contributed by atoms with Gasteiger partial charge in [-0.2, -0.15) is 0 Å². The number of hydrogen-bond acceptors (Lipinski definition) is 6. The highest BCUT2D eigenvalue weighted by Gasteiger charge is 2.27. The molecule has 0 aliphatic carbocycles. The number of rotatable bonds is 2. The Morgan fingerprint density at radius 1 is 1.03 bits per heavy atom. The molecule has 29 heavy (non-hydrogen) atoms. The summed E-state index contributed by atoms with van der Waals surface area (Å²) in [7, 11) is 2.79. The Hall–Kier alpha value is -3.26. The van der Waals surface area contributed by atoms with Gasteiger partial charge in [-0.05, 0) is 29.8 Å². The summed E-state index contributed by atoms with van der Waals surface area (Å²) < 4.78 is 2.00. The zero-order valence-electron chi connectivity index (χ0n) is 15.9. The van der Waals surface area contributed by atoms with Crippen LogP contribution in [0.25, 0.3) is 0 Å². The number of phenolic OH excluding ortho intramolecular Hbond substituents is 1.